The minimum atomic E-state index is -0.332. The summed E-state index contributed by atoms with van der Waals surface area (Å²) in [6.45, 7) is 11.5. The second-order valence-corrected chi connectivity index (χ2v) is 9.43. The lowest BCUT2D eigenvalue weighted by Crippen LogP contribution is -2.34. The molecule has 0 radical (unpaired) electrons. The maximum atomic E-state index is 11.7. The average Bonchev–Trinajstić information content (AvgIpc) is 2.64. The van der Waals surface area contributed by atoms with Crippen LogP contribution >= 0.6 is 11.6 Å². The molecule has 0 heterocycles. The number of aryl methyl sites for hydroxylation is 1. The highest BCUT2D eigenvalue weighted by atomic mass is 35.5. The summed E-state index contributed by atoms with van der Waals surface area (Å²) in [5, 5.41) is -0.247. The Bertz CT molecular complexity index is 863. The Labute approximate surface area is 167 Å². The molecule has 0 bridgehead atoms. The van der Waals surface area contributed by atoms with Crippen LogP contribution in [0.5, 0.6) is 0 Å². The molecule has 0 spiro atoms. The predicted octanol–water partition coefficient (Wildman–Crippen LogP) is 6.46. The van der Waals surface area contributed by atoms with Crippen LogP contribution in [-0.4, -0.2) is 13.1 Å². The molecule has 3 rings (SSSR count). The van der Waals surface area contributed by atoms with Crippen molar-refractivity contribution < 1.29 is 9.53 Å². The van der Waals surface area contributed by atoms with E-state index in [1.165, 1.54) is 36.6 Å². The van der Waals surface area contributed by atoms with Gasteiger partial charge < -0.3 is 4.74 Å². The van der Waals surface area contributed by atoms with Crippen LogP contribution in [0, 0.1) is 6.92 Å². The predicted molar refractivity (Wildman–Crippen MR) is 112 cm³/mol. The van der Waals surface area contributed by atoms with E-state index in [1.54, 1.807) is 12.1 Å². The first-order chi connectivity index (χ1) is 12.6. The minimum absolute atomic E-state index is 0.151. The number of esters is 1. The molecular formula is C24H29ClO2. The molecular weight excluding hydrogens is 356 g/mol. The third-order valence-corrected chi connectivity index (χ3v) is 6.62. The van der Waals surface area contributed by atoms with Crippen LogP contribution in [-0.2, 0) is 15.6 Å². The van der Waals surface area contributed by atoms with Gasteiger partial charge in [0.2, 0.25) is 0 Å². The third kappa shape index (κ3) is 3.65. The number of alkyl halides is 1. The largest absolute Gasteiger partial charge is 0.465 e. The van der Waals surface area contributed by atoms with Crippen LogP contribution in [0.2, 0.25) is 0 Å². The van der Waals surface area contributed by atoms with Gasteiger partial charge in [0.15, 0.2) is 0 Å². The number of ether oxygens (including phenoxy) is 1. The van der Waals surface area contributed by atoms with Gasteiger partial charge in [-0.3, -0.25) is 0 Å². The summed E-state index contributed by atoms with van der Waals surface area (Å²) in [5.74, 6) is -0.332. The Morgan fingerprint density at radius 1 is 1.00 bits per heavy atom. The van der Waals surface area contributed by atoms with E-state index in [2.05, 4.69) is 46.8 Å². The van der Waals surface area contributed by atoms with Crippen LogP contribution in [0.25, 0.3) is 0 Å². The molecule has 27 heavy (non-hydrogen) atoms. The number of hydrogen-bond acceptors (Lipinski definition) is 2. The van der Waals surface area contributed by atoms with Gasteiger partial charge >= 0.3 is 5.97 Å². The third-order valence-electron chi connectivity index (χ3n) is 6.14. The molecule has 1 unspecified atom stereocenters. The quantitative estimate of drug-likeness (QED) is 0.448. The molecule has 1 atom stereocenters. The van der Waals surface area contributed by atoms with Crippen LogP contribution in [0.1, 0.15) is 84.1 Å². The van der Waals surface area contributed by atoms with Crippen molar-refractivity contribution in [2.75, 3.05) is 7.11 Å². The van der Waals surface area contributed by atoms with Gasteiger partial charge in [0, 0.05) is 0 Å². The number of benzene rings is 2. The Morgan fingerprint density at radius 2 is 1.52 bits per heavy atom. The smallest absolute Gasteiger partial charge is 0.337 e. The summed E-state index contributed by atoms with van der Waals surface area (Å²) in [6, 6.07) is 12.0. The fourth-order valence-electron chi connectivity index (χ4n) is 4.10. The molecule has 1 aliphatic rings. The summed E-state index contributed by atoms with van der Waals surface area (Å²) in [6.07, 6.45) is 2.38. The van der Waals surface area contributed by atoms with Crippen LogP contribution in [0.3, 0.4) is 0 Å². The molecule has 0 saturated carbocycles. The van der Waals surface area contributed by atoms with Crippen molar-refractivity contribution in [1.29, 1.82) is 0 Å². The SMILES string of the molecule is COC(=O)c1ccc(C(Cl)c2cc3c(cc2C)C(C)(C)CCC3(C)C)cc1. The van der Waals surface area contributed by atoms with E-state index in [-0.39, 0.29) is 22.2 Å². The molecule has 3 heteroatoms. The van der Waals surface area contributed by atoms with Gasteiger partial charge in [0.05, 0.1) is 18.1 Å². The molecule has 0 aliphatic heterocycles. The van der Waals surface area contributed by atoms with Gasteiger partial charge in [0.1, 0.15) is 0 Å². The molecule has 2 aromatic rings. The topological polar surface area (TPSA) is 26.3 Å². The van der Waals surface area contributed by atoms with Crippen molar-refractivity contribution in [3.05, 3.63) is 69.8 Å². The van der Waals surface area contributed by atoms with E-state index < -0.39 is 0 Å². The first-order valence-electron chi connectivity index (χ1n) is 9.55. The van der Waals surface area contributed by atoms with Gasteiger partial charge in [-0.2, -0.15) is 0 Å². The molecule has 2 nitrogen and oxygen atoms in total. The van der Waals surface area contributed by atoms with E-state index in [4.69, 9.17) is 16.3 Å². The normalized spacial score (nSPS) is 18.5. The van der Waals surface area contributed by atoms with E-state index in [1.807, 2.05) is 12.1 Å². The molecule has 0 aromatic heterocycles. The molecule has 0 saturated heterocycles. The van der Waals surface area contributed by atoms with Gasteiger partial charge in [-0.15, -0.1) is 11.6 Å². The number of rotatable bonds is 3. The zero-order valence-corrected chi connectivity index (χ0v) is 17.9. The molecule has 144 valence electrons. The monoisotopic (exact) mass is 384 g/mol. The molecule has 1 aliphatic carbocycles. The summed E-state index contributed by atoms with van der Waals surface area (Å²) in [7, 11) is 1.39. The highest BCUT2D eigenvalue weighted by Crippen LogP contribution is 2.47. The first kappa shape index (κ1) is 19.9. The highest BCUT2D eigenvalue weighted by molar-refractivity contribution is 6.22. The Morgan fingerprint density at radius 3 is 2.04 bits per heavy atom. The Hall–Kier alpha value is -1.80. The number of methoxy groups -OCH3 is 1. The Kier molecular flexibility index (Phi) is 5.16. The van der Waals surface area contributed by atoms with Crippen molar-refractivity contribution in [1.82, 2.24) is 0 Å². The number of hydrogen-bond donors (Lipinski definition) is 0. The Balaban J connectivity index is 2.03. The summed E-state index contributed by atoms with van der Waals surface area (Å²) >= 11 is 6.89. The molecule has 0 amide bonds. The molecule has 0 fully saturated rings. The number of carbonyl (C=O) groups is 1. The van der Waals surface area contributed by atoms with Crippen molar-refractivity contribution in [2.45, 2.75) is 63.7 Å². The number of fused-ring (bicyclic) bond motifs is 1. The van der Waals surface area contributed by atoms with Crippen molar-refractivity contribution >= 4 is 17.6 Å². The van der Waals surface area contributed by atoms with Gasteiger partial charge in [-0.1, -0.05) is 52.0 Å². The van der Waals surface area contributed by atoms with Gasteiger partial charge in [-0.05, 0) is 70.5 Å². The van der Waals surface area contributed by atoms with Crippen molar-refractivity contribution in [2.24, 2.45) is 0 Å². The lowest BCUT2D eigenvalue weighted by molar-refractivity contribution is 0.0600. The average molecular weight is 385 g/mol. The van der Waals surface area contributed by atoms with Crippen LogP contribution in [0.15, 0.2) is 36.4 Å². The van der Waals surface area contributed by atoms with Crippen molar-refractivity contribution in [3.8, 4) is 0 Å². The second-order valence-electron chi connectivity index (χ2n) is 9.00. The molecule has 2 aromatic carbocycles. The lowest BCUT2D eigenvalue weighted by atomic mass is 9.62. The fraction of sp³-hybridized carbons (Fsp3) is 0.458. The zero-order chi connectivity index (χ0) is 20.0. The minimum Gasteiger partial charge on any atom is -0.465 e. The van der Waals surface area contributed by atoms with E-state index in [0.717, 1.165) is 11.1 Å². The molecule has 0 N–H and O–H groups in total. The second kappa shape index (κ2) is 6.98. The van der Waals surface area contributed by atoms with E-state index in [0.29, 0.717) is 5.56 Å². The number of carbonyl (C=O) groups excluding carboxylic acids is 1. The summed E-state index contributed by atoms with van der Waals surface area (Å²) < 4.78 is 4.77. The van der Waals surface area contributed by atoms with E-state index in [9.17, 15) is 4.79 Å². The van der Waals surface area contributed by atoms with Gasteiger partial charge in [0.25, 0.3) is 0 Å². The maximum Gasteiger partial charge on any atom is 0.337 e. The first-order valence-corrected chi connectivity index (χ1v) is 9.98. The number of halogens is 1. The van der Waals surface area contributed by atoms with Gasteiger partial charge in [-0.25, -0.2) is 4.79 Å². The fourth-order valence-corrected chi connectivity index (χ4v) is 4.48. The zero-order valence-electron chi connectivity index (χ0n) is 17.2. The summed E-state index contributed by atoms with van der Waals surface area (Å²) in [5.41, 5.74) is 7.09. The van der Waals surface area contributed by atoms with E-state index >= 15 is 0 Å². The summed E-state index contributed by atoms with van der Waals surface area (Å²) in [4.78, 5) is 11.7. The van der Waals surface area contributed by atoms with Crippen LogP contribution in [0.4, 0.5) is 0 Å². The highest BCUT2D eigenvalue weighted by Gasteiger charge is 2.37. The van der Waals surface area contributed by atoms with Crippen molar-refractivity contribution in [3.63, 3.8) is 0 Å². The van der Waals surface area contributed by atoms with Crippen LogP contribution < -0.4 is 0 Å². The maximum absolute atomic E-state index is 11.7. The lowest BCUT2D eigenvalue weighted by Gasteiger charge is -2.42. The standard InChI is InChI=1S/C24H29ClO2/c1-15-13-19-20(24(4,5)12-11-23(19,2)3)14-18(15)21(25)16-7-9-17(10-8-16)22(26)27-6/h7-10,13-14,21H,11-12H2,1-6H3.